The molecular weight excluding hydrogens is 277 g/mol. The van der Waals surface area contributed by atoms with Gasteiger partial charge in [0.05, 0.1) is 5.56 Å². The standard InChI is InChI=1S/C16H25F3N2/c1-4-12(3)11-21(5-2)15-7-6-13(8-9-20)10-14(15)16(17,18)19/h6-7,10,12H,4-5,8-9,11,20H2,1-3H3. The molecule has 1 unspecified atom stereocenters. The van der Waals surface area contributed by atoms with Gasteiger partial charge >= 0.3 is 6.18 Å². The molecule has 0 aliphatic heterocycles. The van der Waals surface area contributed by atoms with Gasteiger partial charge in [0, 0.05) is 18.8 Å². The summed E-state index contributed by atoms with van der Waals surface area (Å²) in [7, 11) is 0. The minimum absolute atomic E-state index is 0.270. The van der Waals surface area contributed by atoms with Gasteiger partial charge in [-0.1, -0.05) is 26.3 Å². The first-order valence-corrected chi connectivity index (χ1v) is 7.48. The van der Waals surface area contributed by atoms with E-state index >= 15 is 0 Å². The number of alkyl halides is 3. The summed E-state index contributed by atoms with van der Waals surface area (Å²) in [6.45, 7) is 7.53. The number of hydrogen-bond donors (Lipinski definition) is 1. The van der Waals surface area contributed by atoms with Crippen LogP contribution in [0.4, 0.5) is 18.9 Å². The largest absolute Gasteiger partial charge is 0.418 e. The van der Waals surface area contributed by atoms with Crippen molar-refractivity contribution in [2.24, 2.45) is 11.7 Å². The zero-order valence-corrected chi connectivity index (χ0v) is 13.0. The highest BCUT2D eigenvalue weighted by molar-refractivity contribution is 5.56. The monoisotopic (exact) mass is 302 g/mol. The lowest BCUT2D eigenvalue weighted by molar-refractivity contribution is -0.137. The summed E-state index contributed by atoms with van der Waals surface area (Å²) in [5, 5.41) is 0. The summed E-state index contributed by atoms with van der Waals surface area (Å²) in [6.07, 6.45) is -2.94. The SMILES string of the molecule is CCC(C)CN(CC)c1ccc(CCN)cc1C(F)(F)F. The van der Waals surface area contributed by atoms with Crippen molar-refractivity contribution in [1.82, 2.24) is 0 Å². The van der Waals surface area contributed by atoms with Crippen molar-refractivity contribution in [1.29, 1.82) is 0 Å². The molecule has 0 amide bonds. The second-order valence-electron chi connectivity index (χ2n) is 5.44. The molecule has 5 heteroatoms. The Kier molecular flexibility index (Phi) is 6.52. The summed E-state index contributed by atoms with van der Waals surface area (Å²) >= 11 is 0. The van der Waals surface area contributed by atoms with Gasteiger partial charge in [0.1, 0.15) is 0 Å². The minimum Gasteiger partial charge on any atom is -0.371 e. The van der Waals surface area contributed by atoms with Crippen molar-refractivity contribution in [3.8, 4) is 0 Å². The van der Waals surface area contributed by atoms with Crippen LogP contribution in [0.1, 0.15) is 38.3 Å². The summed E-state index contributed by atoms with van der Waals surface area (Å²) in [5.41, 5.74) is 5.78. The van der Waals surface area contributed by atoms with E-state index in [1.807, 2.05) is 18.7 Å². The van der Waals surface area contributed by atoms with Crippen LogP contribution in [0.3, 0.4) is 0 Å². The van der Waals surface area contributed by atoms with Crippen LogP contribution >= 0.6 is 0 Å². The van der Waals surface area contributed by atoms with Crippen LogP contribution in [0.2, 0.25) is 0 Å². The number of nitrogens with two attached hydrogens (primary N) is 1. The molecule has 0 bridgehead atoms. The predicted octanol–water partition coefficient (Wildman–Crippen LogP) is 4.08. The first kappa shape index (κ1) is 17.8. The first-order chi connectivity index (χ1) is 9.83. The molecule has 2 nitrogen and oxygen atoms in total. The summed E-state index contributed by atoms with van der Waals surface area (Å²) in [4.78, 5) is 1.81. The Morgan fingerprint density at radius 3 is 2.38 bits per heavy atom. The Balaban J connectivity index is 3.19. The summed E-state index contributed by atoms with van der Waals surface area (Å²) in [5.74, 6) is 0.356. The zero-order chi connectivity index (χ0) is 16.0. The molecule has 0 fully saturated rings. The normalized spacial score (nSPS) is 13.3. The molecule has 21 heavy (non-hydrogen) atoms. The van der Waals surface area contributed by atoms with Crippen LogP contribution in [0, 0.1) is 5.92 Å². The molecule has 0 aliphatic rings. The van der Waals surface area contributed by atoms with E-state index in [0.717, 1.165) is 6.42 Å². The molecule has 1 rings (SSSR count). The third-order valence-electron chi connectivity index (χ3n) is 3.75. The Bertz CT molecular complexity index is 444. The smallest absolute Gasteiger partial charge is 0.371 e. The fourth-order valence-corrected chi connectivity index (χ4v) is 2.31. The van der Waals surface area contributed by atoms with Gasteiger partial charge < -0.3 is 10.6 Å². The molecular formula is C16H25F3N2. The van der Waals surface area contributed by atoms with E-state index in [2.05, 4.69) is 6.92 Å². The average Bonchev–Trinajstić information content (AvgIpc) is 2.44. The number of hydrogen-bond acceptors (Lipinski definition) is 2. The molecule has 0 saturated carbocycles. The lowest BCUT2D eigenvalue weighted by Crippen LogP contribution is -2.30. The minimum atomic E-state index is -4.34. The maximum absolute atomic E-state index is 13.3. The van der Waals surface area contributed by atoms with Crippen molar-refractivity contribution >= 4 is 5.69 Å². The van der Waals surface area contributed by atoms with Gasteiger partial charge in [-0.05, 0) is 43.5 Å². The van der Waals surface area contributed by atoms with E-state index < -0.39 is 11.7 Å². The second kappa shape index (κ2) is 7.69. The Morgan fingerprint density at radius 2 is 1.90 bits per heavy atom. The molecule has 0 saturated heterocycles. The molecule has 1 aromatic rings. The van der Waals surface area contributed by atoms with E-state index in [4.69, 9.17) is 5.73 Å². The van der Waals surface area contributed by atoms with Crippen LogP contribution in [-0.2, 0) is 12.6 Å². The van der Waals surface area contributed by atoms with Crippen LogP contribution in [0.15, 0.2) is 18.2 Å². The third-order valence-corrected chi connectivity index (χ3v) is 3.75. The summed E-state index contributed by atoms with van der Waals surface area (Å²) < 4.78 is 40.0. The highest BCUT2D eigenvalue weighted by Gasteiger charge is 2.35. The lowest BCUT2D eigenvalue weighted by Gasteiger charge is -2.29. The van der Waals surface area contributed by atoms with Crippen molar-refractivity contribution < 1.29 is 13.2 Å². The number of halogens is 3. The van der Waals surface area contributed by atoms with Crippen molar-refractivity contribution in [2.75, 3.05) is 24.5 Å². The molecule has 0 radical (unpaired) electrons. The third kappa shape index (κ3) is 4.92. The summed E-state index contributed by atoms with van der Waals surface area (Å²) in [6, 6.07) is 4.57. The highest BCUT2D eigenvalue weighted by atomic mass is 19.4. The topological polar surface area (TPSA) is 29.3 Å². The lowest BCUT2D eigenvalue weighted by atomic mass is 10.0. The molecule has 1 aromatic carbocycles. The van der Waals surface area contributed by atoms with Gasteiger partial charge in [-0.15, -0.1) is 0 Å². The van der Waals surface area contributed by atoms with E-state index in [-0.39, 0.29) is 5.69 Å². The second-order valence-corrected chi connectivity index (χ2v) is 5.44. The molecule has 2 N–H and O–H groups in total. The van der Waals surface area contributed by atoms with Crippen molar-refractivity contribution in [3.63, 3.8) is 0 Å². The first-order valence-electron chi connectivity index (χ1n) is 7.48. The Labute approximate surface area is 125 Å². The molecule has 0 heterocycles. The van der Waals surface area contributed by atoms with Crippen LogP contribution in [0.25, 0.3) is 0 Å². The van der Waals surface area contributed by atoms with E-state index in [1.54, 1.807) is 12.1 Å². The van der Waals surface area contributed by atoms with E-state index in [0.29, 0.717) is 37.5 Å². The molecule has 0 spiro atoms. The van der Waals surface area contributed by atoms with Crippen LogP contribution in [-0.4, -0.2) is 19.6 Å². The number of benzene rings is 1. The fraction of sp³-hybridized carbons (Fsp3) is 0.625. The molecule has 120 valence electrons. The van der Waals surface area contributed by atoms with Gasteiger partial charge in [0.2, 0.25) is 0 Å². The Morgan fingerprint density at radius 1 is 1.24 bits per heavy atom. The van der Waals surface area contributed by atoms with Crippen LogP contribution in [0.5, 0.6) is 0 Å². The van der Waals surface area contributed by atoms with Crippen molar-refractivity contribution in [3.05, 3.63) is 29.3 Å². The van der Waals surface area contributed by atoms with Gasteiger partial charge in [0.25, 0.3) is 0 Å². The van der Waals surface area contributed by atoms with Gasteiger partial charge in [-0.3, -0.25) is 0 Å². The average molecular weight is 302 g/mol. The number of nitrogens with zero attached hydrogens (tertiary/aromatic N) is 1. The van der Waals surface area contributed by atoms with E-state index in [1.165, 1.54) is 6.07 Å². The Hall–Kier alpha value is -1.23. The molecule has 1 atom stereocenters. The predicted molar refractivity (Wildman–Crippen MR) is 81.5 cm³/mol. The van der Waals surface area contributed by atoms with Crippen LogP contribution < -0.4 is 10.6 Å². The number of anilines is 1. The molecule has 0 aromatic heterocycles. The van der Waals surface area contributed by atoms with Gasteiger partial charge in [-0.25, -0.2) is 0 Å². The van der Waals surface area contributed by atoms with E-state index in [9.17, 15) is 13.2 Å². The molecule has 0 aliphatic carbocycles. The quantitative estimate of drug-likeness (QED) is 0.822. The fourth-order valence-electron chi connectivity index (χ4n) is 2.31. The highest BCUT2D eigenvalue weighted by Crippen LogP contribution is 2.37. The maximum Gasteiger partial charge on any atom is 0.418 e. The van der Waals surface area contributed by atoms with Gasteiger partial charge in [0.15, 0.2) is 0 Å². The van der Waals surface area contributed by atoms with Crippen molar-refractivity contribution in [2.45, 2.75) is 39.8 Å². The maximum atomic E-state index is 13.3. The van der Waals surface area contributed by atoms with Gasteiger partial charge in [-0.2, -0.15) is 13.2 Å². The zero-order valence-electron chi connectivity index (χ0n) is 13.0. The number of rotatable bonds is 7.